The minimum Gasteiger partial charge on any atom is -0.469 e. The predicted octanol–water partition coefficient (Wildman–Crippen LogP) is -0.0785. The lowest BCUT2D eigenvalue weighted by Crippen LogP contribution is -2.49. The van der Waals surface area contributed by atoms with Crippen molar-refractivity contribution in [2.24, 2.45) is 17.8 Å². The van der Waals surface area contributed by atoms with Crippen LogP contribution in [0.25, 0.3) is 0 Å². The van der Waals surface area contributed by atoms with Crippen molar-refractivity contribution in [2.75, 3.05) is 13.7 Å². The van der Waals surface area contributed by atoms with Gasteiger partial charge in [-0.25, -0.2) is 0 Å². The summed E-state index contributed by atoms with van der Waals surface area (Å²) in [4.78, 5) is 39.2. The molecule has 3 heterocycles. The number of carbonyl (C=O) groups is 2. The molecule has 4 atom stereocenters. The van der Waals surface area contributed by atoms with Crippen LogP contribution in [0.4, 0.5) is 0 Å². The van der Waals surface area contributed by atoms with Crippen molar-refractivity contribution in [2.45, 2.75) is 31.5 Å². The molecule has 1 aromatic heterocycles. The molecule has 2 bridgehead atoms. The lowest BCUT2D eigenvalue weighted by atomic mass is 9.87. The first-order chi connectivity index (χ1) is 11.6. The standard InChI is InChI=1S/C17H20N2O5/c1-24-17(23)14-10(8-20)12-7-18-11(3-2-4-13(18)21)15(14)19(12)16(22)9-5-6-9/h2-4,9-10,12,14-15,20H,5-8H2,1H3/t10-,12-,14+,15+/m1/s1. The van der Waals surface area contributed by atoms with Gasteiger partial charge in [0.2, 0.25) is 5.91 Å². The Morgan fingerprint density at radius 2 is 2.08 bits per heavy atom. The second-order valence-corrected chi connectivity index (χ2v) is 6.83. The first-order valence-corrected chi connectivity index (χ1v) is 8.29. The second kappa shape index (κ2) is 5.44. The molecule has 1 saturated carbocycles. The molecule has 1 saturated heterocycles. The first kappa shape index (κ1) is 15.4. The van der Waals surface area contributed by atoms with E-state index in [0.29, 0.717) is 12.2 Å². The fraction of sp³-hybridized carbons (Fsp3) is 0.588. The molecule has 0 aromatic carbocycles. The normalized spacial score (nSPS) is 30.8. The van der Waals surface area contributed by atoms with Crippen LogP contribution in [0.3, 0.4) is 0 Å². The lowest BCUT2D eigenvalue weighted by Gasteiger charge is -2.38. The highest BCUT2D eigenvalue weighted by atomic mass is 16.5. The zero-order valence-corrected chi connectivity index (χ0v) is 13.4. The van der Waals surface area contributed by atoms with Crippen molar-refractivity contribution in [3.63, 3.8) is 0 Å². The van der Waals surface area contributed by atoms with Crippen LogP contribution in [0.5, 0.6) is 0 Å². The van der Waals surface area contributed by atoms with Crippen molar-refractivity contribution >= 4 is 11.9 Å². The SMILES string of the molecule is COC(=O)[C@H]1[C@H](CO)[C@H]2Cn3c(cccc3=O)[C@@H]1N2C(=O)C1CC1. The van der Waals surface area contributed by atoms with Gasteiger partial charge < -0.3 is 19.3 Å². The average molecular weight is 332 g/mol. The van der Waals surface area contributed by atoms with E-state index in [1.807, 2.05) is 0 Å². The molecule has 7 nitrogen and oxygen atoms in total. The van der Waals surface area contributed by atoms with Crippen molar-refractivity contribution in [1.82, 2.24) is 9.47 Å². The molecule has 2 aliphatic heterocycles. The number of aliphatic hydroxyl groups is 1. The Balaban J connectivity index is 1.87. The Morgan fingerprint density at radius 1 is 1.33 bits per heavy atom. The Morgan fingerprint density at radius 3 is 2.71 bits per heavy atom. The van der Waals surface area contributed by atoms with Gasteiger partial charge in [-0.05, 0) is 18.9 Å². The summed E-state index contributed by atoms with van der Waals surface area (Å²) in [6, 6.07) is 4.00. The number of aliphatic hydroxyl groups excluding tert-OH is 1. The number of fused-ring (bicyclic) bond motifs is 4. The lowest BCUT2D eigenvalue weighted by molar-refractivity contribution is -0.148. The van der Waals surface area contributed by atoms with Gasteiger partial charge in [-0.2, -0.15) is 0 Å². The summed E-state index contributed by atoms with van der Waals surface area (Å²) in [6.45, 7) is 0.0841. The molecule has 0 unspecified atom stereocenters. The molecule has 3 aliphatic rings. The van der Waals surface area contributed by atoms with E-state index in [-0.39, 0.29) is 30.0 Å². The molecule has 1 aliphatic carbocycles. The summed E-state index contributed by atoms with van der Waals surface area (Å²) >= 11 is 0. The number of esters is 1. The number of carbonyl (C=O) groups excluding carboxylic acids is 2. The summed E-state index contributed by atoms with van der Waals surface area (Å²) in [5, 5.41) is 9.90. The van der Waals surface area contributed by atoms with Gasteiger partial charge in [-0.15, -0.1) is 0 Å². The van der Waals surface area contributed by atoms with E-state index in [1.54, 1.807) is 21.6 Å². The van der Waals surface area contributed by atoms with Gasteiger partial charge in [-0.3, -0.25) is 14.4 Å². The van der Waals surface area contributed by atoms with Gasteiger partial charge in [0.05, 0.1) is 25.1 Å². The fourth-order valence-corrected chi connectivity index (χ4v) is 4.30. The van der Waals surface area contributed by atoms with Crippen molar-refractivity contribution in [3.05, 3.63) is 34.2 Å². The number of pyridine rings is 1. The minimum absolute atomic E-state index is 0.00715. The molecule has 2 fully saturated rings. The van der Waals surface area contributed by atoms with Crippen LogP contribution in [0, 0.1) is 17.8 Å². The molecule has 7 heteroatoms. The first-order valence-electron chi connectivity index (χ1n) is 8.29. The zero-order chi connectivity index (χ0) is 17.0. The van der Waals surface area contributed by atoms with Crippen LogP contribution >= 0.6 is 0 Å². The Hall–Kier alpha value is -2.15. The van der Waals surface area contributed by atoms with Gasteiger partial charge >= 0.3 is 5.97 Å². The molecule has 128 valence electrons. The van der Waals surface area contributed by atoms with E-state index < -0.39 is 23.8 Å². The topological polar surface area (TPSA) is 88.8 Å². The molecule has 4 rings (SSSR count). The smallest absolute Gasteiger partial charge is 0.311 e. The van der Waals surface area contributed by atoms with E-state index in [4.69, 9.17) is 4.74 Å². The fourth-order valence-electron chi connectivity index (χ4n) is 4.30. The summed E-state index contributed by atoms with van der Waals surface area (Å²) in [5.74, 6) is -1.49. The highest BCUT2D eigenvalue weighted by molar-refractivity contribution is 5.84. The number of amides is 1. The van der Waals surface area contributed by atoms with Gasteiger partial charge in [0, 0.05) is 36.7 Å². The molecule has 1 amide bonds. The minimum atomic E-state index is -0.650. The Kier molecular flexibility index (Phi) is 3.49. The highest BCUT2D eigenvalue weighted by Crippen LogP contribution is 2.50. The predicted molar refractivity (Wildman–Crippen MR) is 82.9 cm³/mol. The van der Waals surface area contributed by atoms with Crippen molar-refractivity contribution in [3.8, 4) is 0 Å². The van der Waals surface area contributed by atoms with Crippen LogP contribution in [-0.2, 0) is 20.9 Å². The van der Waals surface area contributed by atoms with Crippen LogP contribution < -0.4 is 5.56 Å². The number of methoxy groups -OCH3 is 1. The van der Waals surface area contributed by atoms with Gasteiger partial charge in [0.1, 0.15) is 0 Å². The van der Waals surface area contributed by atoms with E-state index in [0.717, 1.165) is 12.8 Å². The van der Waals surface area contributed by atoms with Gasteiger partial charge in [-0.1, -0.05) is 6.07 Å². The Bertz CT molecular complexity index is 754. The number of hydrogen-bond donors (Lipinski definition) is 1. The summed E-state index contributed by atoms with van der Waals surface area (Å²) in [5.41, 5.74) is 0.502. The molecule has 24 heavy (non-hydrogen) atoms. The monoisotopic (exact) mass is 332 g/mol. The molecular formula is C17H20N2O5. The quantitative estimate of drug-likeness (QED) is 0.782. The number of hydrogen-bond acceptors (Lipinski definition) is 5. The summed E-state index contributed by atoms with van der Waals surface area (Å²) in [7, 11) is 1.31. The van der Waals surface area contributed by atoms with Crippen molar-refractivity contribution < 1.29 is 19.4 Å². The molecular weight excluding hydrogens is 312 g/mol. The maximum atomic E-state index is 12.8. The number of aromatic nitrogens is 1. The molecule has 1 N–H and O–H groups in total. The van der Waals surface area contributed by atoms with Crippen LogP contribution in [-0.4, -0.2) is 46.2 Å². The molecule has 1 aromatic rings. The third-order valence-electron chi connectivity index (χ3n) is 5.57. The van der Waals surface area contributed by atoms with E-state index in [2.05, 4.69) is 0 Å². The zero-order valence-electron chi connectivity index (χ0n) is 13.4. The van der Waals surface area contributed by atoms with Crippen molar-refractivity contribution in [1.29, 1.82) is 0 Å². The number of rotatable bonds is 3. The highest BCUT2D eigenvalue weighted by Gasteiger charge is 2.59. The number of nitrogens with zero attached hydrogens (tertiary/aromatic N) is 2. The van der Waals surface area contributed by atoms with Gasteiger partial charge in [0.25, 0.3) is 5.56 Å². The average Bonchev–Trinajstić information content (AvgIpc) is 3.39. The van der Waals surface area contributed by atoms with Gasteiger partial charge in [0.15, 0.2) is 0 Å². The number of ether oxygens (including phenoxy) is 1. The molecule has 0 radical (unpaired) electrons. The summed E-state index contributed by atoms with van der Waals surface area (Å²) in [6.07, 6.45) is 1.73. The summed E-state index contributed by atoms with van der Waals surface area (Å²) < 4.78 is 6.57. The van der Waals surface area contributed by atoms with Crippen LogP contribution in [0.15, 0.2) is 23.0 Å². The van der Waals surface area contributed by atoms with Crippen LogP contribution in [0.2, 0.25) is 0 Å². The maximum Gasteiger partial charge on any atom is 0.311 e. The third-order valence-corrected chi connectivity index (χ3v) is 5.57. The largest absolute Gasteiger partial charge is 0.469 e. The van der Waals surface area contributed by atoms with E-state index >= 15 is 0 Å². The molecule has 0 spiro atoms. The maximum absolute atomic E-state index is 12.8. The second-order valence-electron chi connectivity index (χ2n) is 6.83. The van der Waals surface area contributed by atoms with E-state index in [1.165, 1.54) is 13.2 Å². The third kappa shape index (κ3) is 2.04. The van der Waals surface area contributed by atoms with Crippen LogP contribution in [0.1, 0.15) is 24.6 Å². The Labute approximate surface area is 138 Å². The van der Waals surface area contributed by atoms with E-state index in [9.17, 15) is 19.5 Å².